The van der Waals surface area contributed by atoms with E-state index in [2.05, 4.69) is 39.5 Å². The first-order valence-corrected chi connectivity index (χ1v) is 5.93. The van der Waals surface area contributed by atoms with Gasteiger partial charge >= 0.3 is 0 Å². The van der Waals surface area contributed by atoms with E-state index in [9.17, 15) is 4.79 Å². The van der Waals surface area contributed by atoms with E-state index in [-0.39, 0.29) is 16.4 Å². The number of nitrogens with zero attached hydrogens (tertiary/aromatic N) is 1. The molecule has 0 spiro atoms. The maximum atomic E-state index is 11.6. The molecule has 86 valence electrons. The standard InChI is InChI=1S/C13H23NO/c1-11(2,3)14-8-12(4)6-10(15)7-13(12,5)9-14/h6-9H2,1-5H3/t12-,13+. The SMILES string of the molecule is CC(C)(C)N1C[C@]2(C)CC(=O)C[C@]2(C)C1. The van der Waals surface area contributed by atoms with Crippen LogP contribution in [0.25, 0.3) is 0 Å². The zero-order valence-corrected chi connectivity index (χ0v) is 10.7. The lowest BCUT2D eigenvalue weighted by atomic mass is 9.71. The number of ketones is 1. The van der Waals surface area contributed by atoms with Crippen LogP contribution in [0.3, 0.4) is 0 Å². The van der Waals surface area contributed by atoms with Crippen molar-refractivity contribution in [3.63, 3.8) is 0 Å². The van der Waals surface area contributed by atoms with E-state index in [4.69, 9.17) is 0 Å². The van der Waals surface area contributed by atoms with Gasteiger partial charge in [-0.15, -0.1) is 0 Å². The molecule has 0 aromatic rings. The minimum absolute atomic E-state index is 0.220. The fourth-order valence-electron chi connectivity index (χ4n) is 3.23. The van der Waals surface area contributed by atoms with Crippen molar-refractivity contribution < 1.29 is 4.79 Å². The van der Waals surface area contributed by atoms with Crippen LogP contribution in [0.4, 0.5) is 0 Å². The van der Waals surface area contributed by atoms with Gasteiger partial charge in [0, 0.05) is 31.5 Å². The van der Waals surface area contributed by atoms with Crippen molar-refractivity contribution in [1.82, 2.24) is 4.90 Å². The van der Waals surface area contributed by atoms with E-state index in [1.807, 2.05) is 0 Å². The average Bonchev–Trinajstić information content (AvgIpc) is 2.31. The predicted molar refractivity (Wildman–Crippen MR) is 61.8 cm³/mol. The number of fused-ring (bicyclic) bond motifs is 1. The first-order chi connectivity index (χ1) is 6.66. The summed E-state index contributed by atoms with van der Waals surface area (Å²) in [4.78, 5) is 14.1. The highest BCUT2D eigenvalue weighted by Crippen LogP contribution is 2.56. The number of carbonyl (C=O) groups is 1. The first-order valence-electron chi connectivity index (χ1n) is 5.93. The van der Waals surface area contributed by atoms with Gasteiger partial charge in [0.15, 0.2) is 0 Å². The number of Topliss-reactive ketones (excluding diaryl/α,β-unsaturated/α-hetero) is 1. The molecule has 1 aliphatic carbocycles. The molecule has 0 N–H and O–H groups in total. The normalized spacial score (nSPS) is 42.3. The Morgan fingerprint density at radius 1 is 1.07 bits per heavy atom. The van der Waals surface area contributed by atoms with Crippen molar-refractivity contribution in [2.45, 2.75) is 53.0 Å². The van der Waals surface area contributed by atoms with E-state index in [1.54, 1.807) is 0 Å². The van der Waals surface area contributed by atoms with Gasteiger partial charge < -0.3 is 0 Å². The van der Waals surface area contributed by atoms with E-state index in [0.717, 1.165) is 25.9 Å². The summed E-state index contributed by atoms with van der Waals surface area (Å²) in [5.41, 5.74) is 0.675. The molecule has 1 heterocycles. The minimum Gasteiger partial charge on any atom is -0.300 e. The highest BCUT2D eigenvalue weighted by Gasteiger charge is 2.58. The third-order valence-electron chi connectivity index (χ3n) is 4.66. The maximum Gasteiger partial charge on any atom is 0.134 e. The largest absolute Gasteiger partial charge is 0.300 e. The highest BCUT2D eigenvalue weighted by molar-refractivity contribution is 5.83. The Balaban J connectivity index is 2.25. The molecule has 0 bridgehead atoms. The summed E-state index contributed by atoms with van der Waals surface area (Å²) in [7, 11) is 0. The van der Waals surface area contributed by atoms with Gasteiger partial charge in [-0.25, -0.2) is 0 Å². The Labute approximate surface area is 93.0 Å². The second-order valence-corrected chi connectivity index (χ2v) is 7.04. The first kappa shape index (κ1) is 11.1. The van der Waals surface area contributed by atoms with Crippen molar-refractivity contribution in [3.8, 4) is 0 Å². The Morgan fingerprint density at radius 3 is 1.80 bits per heavy atom. The molecule has 2 aliphatic rings. The van der Waals surface area contributed by atoms with Gasteiger partial charge in [-0.3, -0.25) is 9.69 Å². The van der Waals surface area contributed by atoms with E-state index >= 15 is 0 Å². The van der Waals surface area contributed by atoms with E-state index < -0.39 is 0 Å². The summed E-state index contributed by atoms with van der Waals surface area (Å²) in [6.45, 7) is 13.6. The molecular formula is C13H23NO. The monoisotopic (exact) mass is 209 g/mol. The molecule has 1 saturated carbocycles. The van der Waals surface area contributed by atoms with E-state index in [0.29, 0.717) is 5.78 Å². The molecule has 2 fully saturated rings. The van der Waals surface area contributed by atoms with Crippen molar-refractivity contribution in [1.29, 1.82) is 0 Å². The van der Waals surface area contributed by atoms with Gasteiger partial charge in [-0.05, 0) is 31.6 Å². The van der Waals surface area contributed by atoms with Crippen molar-refractivity contribution in [3.05, 3.63) is 0 Å². The van der Waals surface area contributed by atoms with Crippen LogP contribution in [0.5, 0.6) is 0 Å². The number of rotatable bonds is 0. The number of likely N-dealkylation sites (tertiary alicyclic amines) is 1. The van der Waals surface area contributed by atoms with Gasteiger partial charge in [-0.2, -0.15) is 0 Å². The summed E-state index contributed by atoms with van der Waals surface area (Å²) in [5.74, 6) is 0.466. The average molecular weight is 209 g/mol. The number of hydrogen-bond donors (Lipinski definition) is 0. The van der Waals surface area contributed by atoms with Crippen molar-refractivity contribution in [2.75, 3.05) is 13.1 Å². The number of hydrogen-bond acceptors (Lipinski definition) is 2. The van der Waals surface area contributed by atoms with Crippen LogP contribution in [-0.4, -0.2) is 29.3 Å². The quantitative estimate of drug-likeness (QED) is 0.611. The van der Waals surface area contributed by atoms with Crippen LogP contribution in [0.1, 0.15) is 47.5 Å². The molecule has 2 nitrogen and oxygen atoms in total. The van der Waals surface area contributed by atoms with Gasteiger partial charge in [0.1, 0.15) is 5.78 Å². The zero-order valence-electron chi connectivity index (χ0n) is 10.7. The van der Waals surface area contributed by atoms with Crippen molar-refractivity contribution in [2.24, 2.45) is 10.8 Å². The van der Waals surface area contributed by atoms with Crippen LogP contribution in [-0.2, 0) is 4.79 Å². The fourth-order valence-corrected chi connectivity index (χ4v) is 3.23. The lowest BCUT2D eigenvalue weighted by molar-refractivity contribution is -0.118. The molecule has 1 aliphatic heterocycles. The smallest absolute Gasteiger partial charge is 0.134 e. The third kappa shape index (κ3) is 1.54. The van der Waals surface area contributed by atoms with Crippen LogP contribution < -0.4 is 0 Å². The van der Waals surface area contributed by atoms with Gasteiger partial charge in [0.2, 0.25) is 0 Å². The van der Waals surface area contributed by atoms with Crippen LogP contribution in [0.15, 0.2) is 0 Å². The Hall–Kier alpha value is -0.370. The van der Waals surface area contributed by atoms with Crippen LogP contribution in [0.2, 0.25) is 0 Å². The molecular weight excluding hydrogens is 186 g/mol. The molecule has 0 aromatic carbocycles. The molecule has 2 rings (SSSR count). The lowest BCUT2D eigenvalue weighted by Gasteiger charge is -2.33. The summed E-state index contributed by atoms with van der Waals surface area (Å²) < 4.78 is 0. The summed E-state index contributed by atoms with van der Waals surface area (Å²) in [6, 6.07) is 0. The van der Waals surface area contributed by atoms with Crippen LogP contribution in [0, 0.1) is 10.8 Å². The lowest BCUT2D eigenvalue weighted by Crippen LogP contribution is -2.41. The topological polar surface area (TPSA) is 20.3 Å². The van der Waals surface area contributed by atoms with Crippen LogP contribution >= 0.6 is 0 Å². The van der Waals surface area contributed by atoms with Crippen molar-refractivity contribution >= 4 is 5.78 Å². The fraction of sp³-hybridized carbons (Fsp3) is 0.923. The molecule has 15 heavy (non-hydrogen) atoms. The maximum absolute atomic E-state index is 11.6. The Kier molecular flexibility index (Phi) is 2.11. The molecule has 2 atom stereocenters. The summed E-state index contributed by atoms with van der Waals surface area (Å²) in [5, 5.41) is 0. The second-order valence-electron chi connectivity index (χ2n) is 7.04. The number of carbonyl (C=O) groups excluding carboxylic acids is 1. The molecule has 1 saturated heterocycles. The van der Waals surface area contributed by atoms with Gasteiger partial charge in [0.05, 0.1) is 0 Å². The van der Waals surface area contributed by atoms with Gasteiger partial charge in [0.25, 0.3) is 0 Å². The third-order valence-corrected chi connectivity index (χ3v) is 4.66. The molecule has 0 aromatic heterocycles. The van der Waals surface area contributed by atoms with E-state index in [1.165, 1.54) is 0 Å². The molecule has 0 unspecified atom stereocenters. The highest BCUT2D eigenvalue weighted by atomic mass is 16.1. The minimum atomic E-state index is 0.220. The zero-order chi connectivity index (χ0) is 11.5. The molecule has 0 radical (unpaired) electrons. The molecule has 2 heteroatoms. The molecule has 0 amide bonds. The Bertz CT molecular complexity index is 282. The predicted octanol–water partition coefficient (Wildman–Crippen LogP) is 2.48. The van der Waals surface area contributed by atoms with Gasteiger partial charge in [-0.1, -0.05) is 13.8 Å². The summed E-state index contributed by atoms with van der Waals surface area (Å²) >= 11 is 0. The Morgan fingerprint density at radius 2 is 1.47 bits per heavy atom. The second kappa shape index (κ2) is 2.85. The summed E-state index contributed by atoms with van der Waals surface area (Å²) in [6.07, 6.45) is 1.58.